The number of furan rings is 1. The van der Waals surface area contributed by atoms with E-state index in [2.05, 4.69) is 0 Å². The highest BCUT2D eigenvalue weighted by Gasteiger charge is 2.40. The Morgan fingerprint density at radius 2 is 2.00 bits per heavy atom. The molecule has 1 aromatic carbocycles. The van der Waals surface area contributed by atoms with Crippen LogP contribution in [0.25, 0.3) is 0 Å². The Kier molecular flexibility index (Phi) is 3.09. The van der Waals surface area contributed by atoms with Crippen LogP contribution in [0.1, 0.15) is 23.8 Å². The summed E-state index contributed by atoms with van der Waals surface area (Å²) in [5.41, 5.74) is 1.04. The number of amides is 1. The van der Waals surface area contributed by atoms with Crippen molar-refractivity contribution in [1.82, 2.24) is 4.90 Å². The van der Waals surface area contributed by atoms with Gasteiger partial charge in [0.25, 0.3) is 5.91 Å². The average molecular weight is 257 g/mol. The number of carbonyl (C=O) groups is 1. The van der Waals surface area contributed by atoms with E-state index >= 15 is 0 Å². The smallest absolute Gasteiger partial charge is 0.252 e. The highest BCUT2D eigenvalue weighted by atomic mass is 16.3. The molecule has 4 nitrogen and oxygen atoms in total. The van der Waals surface area contributed by atoms with Crippen LogP contribution in [0.15, 0.2) is 53.1 Å². The summed E-state index contributed by atoms with van der Waals surface area (Å²) in [6.45, 7) is 0.488. The van der Waals surface area contributed by atoms with E-state index in [1.807, 2.05) is 36.4 Å². The number of hydrogen-bond donors (Lipinski definition) is 1. The third-order valence-electron chi connectivity index (χ3n) is 3.46. The van der Waals surface area contributed by atoms with Crippen molar-refractivity contribution in [2.75, 3.05) is 0 Å². The van der Waals surface area contributed by atoms with E-state index in [9.17, 15) is 9.90 Å². The Labute approximate surface area is 111 Å². The summed E-state index contributed by atoms with van der Waals surface area (Å²) in [6.07, 6.45) is 1.04. The molecule has 1 fully saturated rings. The number of hydrogen-bond acceptors (Lipinski definition) is 3. The zero-order valence-corrected chi connectivity index (χ0v) is 10.4. The number of aliphatic hydroxyl groups is 1. The van der Waals surface area contributed by atoms with E-state index in [4.69, 9.17) is 4.42 Å². The van der Waals surface area contributed by atoms with Gasteiger partial charge in [-0.3, -0.25) is 4.79 Å². The van der Waals surface area contributed by atoms with Gasteiger partial charge in [-0.2, -0.15) is 0 Å². The summed E-state index contributed by atoms with van der Waals surface area (Å²) < 4.78 is 5.38. The standard InChI is InChI=1S/C15H15NO3/c17-13-9-12(14-7-4-8-19-14)16(15(13)18)10-11-5-2-1-3-6-11/h1-8,12-13,17H,9-10H2/t12-,13-/m1/s1. The molecule has 2 atom stereocenters. The van der Waals surface area contributed by atoms with E-state index < -0.39 is 6.10 Å². The second-order valence-electron chi connectivity index (χ2n) is 4.73. The zero-order valence-electron chi connectivity index (χ0n) is 10.4. The summed E-state index contributed by atoms with van der Waals surface area (Å²) >= 11 is 0. The lowest BCUT2D eigenvalue weighted by molar-refractivity contribution is -0.136. The molecule has 1 aliphatic rings. The van der Waals surface area contributed by atoms with Gasteiger partial charge in [-0.05, 0) is 17.7 Å². The number of likely N-dealkylation sites (tertiary alicyclic amines) is 1. The molecule has 0 spiro atoms. The van der Waals surface area contributed by atoms with Gasteiger partial charge in [0, 0.05) is 13.0 Å². The van der Waals surface area contributed by atoms with Crippen molar-refractivity contribution in [3.63, 3.8) is 0 Å². The summed E-state index contributed by atoms with van der Waals surface area (Å²) in [4.78, 5) is 13.7. The van der Waals surface area contributed by atoms with Crippen LogP contribution in [0.4, 0.5) is 0 Å². The Morgan fingerprint density at radius 1 is 1.21 bits per heavy atom. The van der Waals surface area contributed by atoms with Crippen molar-refractivity contribution < 1.29 is 14.3 Å². The topological polar surface area (TPSA) is 53.7 Å². The molecule has 4 heteroatoms. The Bertz CT molecular complexity index is 550. The van der Waals surface area contributed by atoms with Crippen molar-refractivity contribution in [1.29, 1.82) is 0 Å². The summed E-state index contributed by atoms with van der Waals surface area (Å²) in [5.74, 6) is 0.492. The molecule has 1 amide bonds. The molecule has 98 valence electrons. The normalized spacial score (nSPS) is 23.0. The largest absolute Gasteiger partial charge is 0.467 e. The lowest BCUT2D eigenvalue weighted by Crippen LogP contribution is -2.30. The molecule has 1 saturated heterocycles. The van der Waals surface area contributed by atoms with E-state index in [1.165, 1.54) is 0 Å². The molecular weight excluding hydrogens is 242 g/mol. The Balaban J connectivity index is 1.86. The predicted molar refractivity (Wildman–Crippen MR) is 69.1 cm³/mol. The van der Waals surface area contributed by atoms with Crippen molar-refractivity contribution in [3.05, 3.63) is 60.1 Å². The SMILES string of the molecule is O=C1[C@H](O)C[C@H](c2ccco2)N1Cc1ccccc1. The monoisotopic (exact) mass is 257 g/mol. The van der Waals surface area contributed by atoms with Gasteiger partial charge in [0.05, 0.1) is 12.3 Å². The first-order chi connectivity index (χ1) is 9.25. The highest BCUT2D eigenvalue weighted by Crippen LogP contribution is 2.34. The van der Waals surface area contributed by atoms with Crippen LogP contribution in [0.2, 0.25) is 0 Å². The van der Waals surface area contributed by atoms with Crippen molar-refractivity contribution >= 4 is 5.91 Å². The minimum Gasteiger partial charge on any atom is -0.467 e. The first kappa shape index (κ1) is 12.0. The second-order valence-corrected chi connectivity index (χ2v) is 4.73. The van der Waals surface area contributed by atoms with Crippen LogP contribution < -0.4 is 0 Å². The van der Waals surface area contributed by atoms with Crippen molar-refractivity contribution in [2.24, 2.45) is 0 Å². The first-order valence-electron chi connectivity index (χ1n) is 6.31. The van der Waals surface area contributed by atoms with Gasteiger partial charge in [0.1, 0.15) is 11.9 Å². The lowest BCUT2D eigenvalue weighted by atomic mass is 10.1. The molecule has 1 N–H and O–H groups in total. The maximum absolute atomic E-state index is 12.0. The molecule has 0 bridgehead atoms. The van der Waals surface area contributed by atoms with E-state index in [0.717, 1.165) is 11.3 Å². The predicted octanol–water partition coefficient (Wildman–Crippen LogP) is 2.11. The first-order valence-corrected chi connectivity index (χ1v) is 6.31. The highest BCUT2D eigenvalue weighted by molar-refractivity contribution is 5.83. The zero-order chi connectivity index (χ0) is 13.2. The fraction of sp³-hybridized carbons (Fsp3) is 0.267. The van der Waals surface area contributed by atoms with Crippen LogP contribution in [-0.2, 0) is 11.3 Å². The van der Waals surface area contributed by atoms with Gasteiger partial charge in [-0.25, -0.2) is 0 Å². The Hall–Kier alpha value is -2.07. The molecule has 19 heavy (non-hydrogen) atoms. The van der Waals surface area contributed by atoms with Crippen LogP contribution in [0.5, 0.6) is 0 Å². The van der Waals surface area contributed by atoms with Crippen molar-refractivity contribution in [3.8, 4) is 0 Å². The minimum atomic E-state index is -0.932. The molecule has 0 aliphatic carbocycles. The van der Waals surface area contributed by atoms with Gasteiger partial charge in [0.2, 0.25) is 0 Å². The second kappa shape index (κ2) is 4.90. The van der Waals surface area contributed by atoms with E-state index in [1.54, 1.807) is 17.2 Å². The minimum absolute atomic E-state index is 0.183. The molecule has 0 saturated carbocycles. The van der Waals surface area contributed by atoms with E-state index in [-0.39, 0.29) is 11.9 Å². The lowest BCUT2D eigenvalue weighted by Gasteiger charge is -2.23. The molecule has 1 aliphatic heterocycles. The number of nitrogens with zero attached hydrogens (tertiary/aromatic N) is 1. The van der Waals surface area contributed by atoms with Crippen LogP contribution in [-0.4, -0.2) is 22.0 Å². The van der Waals surface area contributed by atoms with Crippen LogP contribution in [0.3, 0.4) is 0 Å². The van der Waals surface area contributed by atoms with Gasteiger partial charge in [0.15, 0.2) is 0 Å². The number of rotatable bonds is 3. The van der Waals surface area contributed by atoms with Crippen LogP contribution in [0, 0.1) is 0 Å². The third-order valence-corrected chi connectivity index (χ3v) is 3.46. The van der Waals surface area contributed by atoms with Gasteiger partial charge in [-0.15, -0.1) is 0 Å². The van der Waals surface area contributed by atoms with Crippen LogP contribution >= 0.6 is 0 Å². The number of carbonyl (C=O) groups excluding carboxylic acids is 1. The van der Waals surface area contributed by atoms with Gasteiger partial charge in [-0.1, -0.05) is 30.3 Å². The third kappa shape index (κ3) is 2.27. The molecule has 2 aromatic rings. The molecule has 3 rings (SSSR count). The fourth-order valence-corrected chi connectivity index (χ4v) is 2.50. The quantitative estimate of drug-likeness (QED) is 0.916. The number of benzene rings is 1. The van der Waals surface area contributed by atoms with Gasteiger partial charge < -0.3 is 14.4 Å². The maximum Gasteiger partial charge on any atom is 0.252 e. The summed E-state index contributed by atoms with van der Waals surface area (Å²) in [6, 6.07) is 13.2. The molecule has 2 heterocycles. The molecule has 0 unspecified atom stereocenters. The molecular formula is C15H15NO3. The van der Waals surface area contributed by atoms with Gasteiger partial charge >= 0.3 is 0 Å². The fourth-order valence-electron chi connectivity index (χ4n) is 2.50. The molecule has 1 aromatic heterocycles. The maximum atomic E-state index is 12.0. The van der Waals surface area contributed by atoms with Crippen molar-refractivity contribution in [2.45, 2.75) is 25.1 Å². The Morgan fingerprint density at radius 3 is 2.68 bits per heavy atom. The summed E-state index contributed by atoms with van der Waals surface area (Å²) in [7, 11) is 0. The average Bonchev–Trinajstić information content (AvgIpc) is 3.04. The summed E-state index contributed by atoms with van der Waals surface area (Å²) in [5, 5.41) is 9.78. The number of aliphatic hydroxyl groups excluding tert-OH is 1. The van der Waals surface area contributed by atoms with E-state index in [0.29, 0.717) is 13.0 Å². The molecule has 0 radical (unpaired) electrons.